The molecule has 1 aliphatic heterocycles. The molecule has 4 aromatic rings. The summed E-state index contributed by atoms with van der Waals surface area (Å²) in [6, 6.07) is 24.7. The minimum atomic E-state index is -0.748. The van der Waals surface area contributed by atoms with Crippen molar-refractivity contribution < 1.29 is 14.3 Å². The number of carbonyl (C=O) groups is 1. The van der Waals surface area contributed by atoms with Crippen LogP contribution in [-0.2, 0) is 4.79 Å². The Bertz CT molecular complexity index is 1110. The Balaban J connectivity index is 1.54. The van der Waals surface area contributed by atoms with E-state index in [0.29, 0.717) is 16.6 Å². The summed E-state index contributed by atoms with van der Waals surface area (Å²) in [7, 11) is 0. The van der Waals surface area contributed by atoms with Crippen LogP contribution in [0.15, 0.2) is 78.9 Å². The predicted molar refractivity (Wildman–Crippen MR) is 110 cm³/mol. The summed E-state index contributed by atoms with van der Waals surface area (Å²) in [5.74, 6) is 1.02. The van der Waals surface area contributed by atoms with Crippen LogP contribution < -0.4 is 14.4 Å². The Hall–Kier alpha value is -3.38. The molecule has 6 heteroatoms. The number of anilines is 2. The SMILES string of the molecule is O=C([C@H]1COc2ccccc2O1)N(c1ccccc1)c1nc2ccccc2s1. The van der Waals surface area contributed by atoms with Gasteiger partial charge in [0.15, 0.2) is 16.6 Å². The number of ether oxygens (including phenoxy) is 2. The van der Waals surface area contributed by atoms with Gasteiger partial charge in [0.25, 0.3) is 5.91 Å². The van der Waals surface area contributed by atoms with Gasteiger partial charge in [-0.25, -0.2) is 4.98 Å². The average Bonchev–Trinajstić information content (AvgIpc) is 3.18. The van der Waals surface area contributed by atoms with Crippen molar-refractivity contribution in [3.63, 3.8) is 0 Å². The van der Waals surface area contributed by atoms with E-state index in [-0.39, 0.29) is 12.5 Å². The van der Waals surface area contributed by atoms with Crippen LogP contribution in [0.25, 0.3) is 10.2 Å². The number of benzene rings is 3. The minimum Gasteiger partial charge on any atom is -0.485 e. The van der Waals surface area contributed by atoms with Crippen molar-refractivity contribution >= 4 is 38.3 Å². The molecule has 1 aromatic heterocycles. The highest BCUT2D eigenvalue weighted by molar-refractivity contribution is 7.22. The van der Waals surface area contributed by atoms with Gasteiger partial charge in [0.05, 0.1) is 15.9 Å². The van der Waals surface area contributed by atoms with Crippen molar-refractivity contribution in [3.8, 4) is 11.5 Å². The quantitative estimate of drug-likeness (QED) is 0.506. The normalized spacial score (nSPS) is 15.4. The lowest BCUT2D eigenvalue weighted by Crippen LogP contribution is -2.44. The van der Waals surface area contributed by atoms with Crippen molar-refractivity contribution in [3.05, 3.63) is 78.9 Å². The second-order valence-corrected chi connectivity index (χ2v) is 7.35. The maximum atomic E-state index is 13.5. The van der Waals surface area contributed by atoms with E-state index in [9.17, 15) is 4.79 Å². The molecule has 0 saturated heterocycles. The number of fused-ring (bicyclic) bond motifs is 2. The molecule has 5 nitrogen and oxygen atoms in total. The molecule has 138 valence electrons. The summed E-state index contributed by atoms with van der Waals surface area (Å²) >= 11 is 1.48. The molecule has 2 heterocycles. The van der Waals surface area contributed by atoms with Crippen LogP contribution in [0.4, 0.5) is 10.8 Å². The van der Waals surface area contributed by atoms with E-state index >= 15 is 0 Å². The van der Waals surface area contributed by atoms with Gasteiger partial charge < -0.3 is 9.47 Å². The first-order valence-corrected chi connectivity index (χ1v) is 9.74. The second-order valence-electron chi connectivity index (χ2n) is 6.34. The van der Waals surface area contributed by atoms with E-state index in [0.717, 1.165) is 15.9 Å². The third-order valence-electron chi connectivity index (χ3n) is 4.49. The number of hydrogen-bond donors (Lipinski definition) is 0. The highest BCUT2D eigenvalue weighted by atomic mass is 32.1. The van der Waals surface area contributed by atoms with Crippen LogP contribution in [0.1, 0.15) is 0 Å². The molecule has 1 atom stereocenters. The van der Waals surface area contributed by atoms with Gasteiger partial charge in [0, 0.05) is 0 Å². The Morgan fingerprint density at radius 2 is 1.64 bits per heavy atom. The van der Waals surface area contributed by atoms with E-state index in [1.54, 1.807) is 11.0 Å². The summed E-state index contributed by atoms with van der Waals surface area (Å²) in [5.41, 5.74) is 1.61. The summed E-state index contributed by atoms with van der Waals surface area (Å²) in [6.45, 7) is 0.157. The van der Waals surface area contributed by atoms with Crippen LogP contribution in [0, 0.1) is 0 Å². The monoisotopic (exact) mass is 388 g/mol. The Kier molecular flexibility index (Phi) is 4.18. The Labute approximate surface area is 165 Å². The zero-order chi connectivity index (χ0) is 18.9. The highest BCUT2D eigenvalue weighted by Gasteiger charge is 2.34. The van der Waals surface area contributed by atoms with Gasteiger partial charge in [0.2, 0.25) is 6.10 Å². The Morgan fingerprint density at radius 1 is 0.929 bits per heavy atom. The smallest absolute Gasteiger partial charge is 0.278 e. The molecule has 0 unspecified atom stereocenters. The van der Waals surface area contributed by atoms with Crippen LogP contribution >= 0.6 is 11.3 Å². The lowest BCUT2D eigenvalue weighted by molar-refractivity contribution is -0.126. The molecular weight excluding hydrogens is 372 g/mol. The molecule has 0 radical (unpaired) electrons. The minimum absolute atomic E-state index is 0.157. The zero-order valence-corrected chi connectivity index (χ0v) is 15.6. The number of hydrogen-bond acceptors (Lipinski definition) is 5. The third-order valence-corrected chi connectivity index (χ3v) is 5.51. The van der Waals surface area contributed by atoms with Crippen molar-refractivity contribution in [2.24, 2.45) is 0 Å². The third kappa shape index (κ3) is 2.97. The lowest BCUT2D eigenvalue weighted by atomic mass is 10.2. The Morgan fingerprint density at radius 3 is 2.46 bits per heavy atom. The van der Waals surface area contributed by atoms with Crippen molar-refractivity contribution in [2.75, 3.05) is 11.5 Å². The summed E-state index contributed by atoms with van der Waals surface area (Å²) in [6.07, 6.45) is -0.748. The molecule has 0 N–H and O–H groups in total. The number of carbonyl (C=O) groups excluding carboxylic acids is 1. The van der Waals surface area contributed by atoms with E-state index < -0.39 is 6.10 Å². The van der Waals surface area contributed by atoms with Gasteiger partial charge in [-0.15, -0.1) is 0 Å². The number of rotatable bonds is 3. The number of aromatic nitrogens is 1. The van der Waals surface area contributed by atoms with Gasteiger partial charge in [-0.1, -0.05) is 53.8 Å². The highest BCUT2D eigenvalue weighted by Crippen LogP contribution is 2.36. The largest absolute Gasteiger partial charge is 0.485 e. The fourth-order valence-corrected chi connectivity index (χ4v) is 4.14. The molecule has 5 rings (SSSR count). The second kappa shape index (κ2) is 6.98. The molecule has 0 saturated carbocycles. The molecule has 28 heavy (non-hydrogen) atoms. The maximum Gasteiger partial charge on any atom is 0.278 e. The van der Waals surface area contributed by atoms with Gasteiger partial charge in [0.1, 0.15) is 6.61 Å². The molecular formula is C22H16N2O3S. The number of thiazole rings is 1. The van der Waals surface area contributed by atoms with E-state index in [4.69, 9.17) is 9.47 Å². The summed E-state index contributed by atoms with van der Waals surface area (Å²) < 4.78 is 12.7. The number of para-hydroxylation sites is 4. The number of amides is 1. The molecule has 0 fully saturated rings. The van der Waals surface area contributed by atoms with Crippen molar-refractivity contribution in [1.29, 1.82) is 0 Å². The van der Waals surface area contributed by atoms with Crippen LogP contribution in [0.3, 0.4) is 0 Å². The average molecular weight is 388 g/mol. The standard InChI is InChI=1S/C22H16N2O3S/c25-21(19-14-26-17-11-5-6-12-18(17)27-19)24(15-8-2-1-3-9-15)22-23-16-10-4-7-13-20(16)28-22/h1-13,19H,14H2/t19-/m1/s1. The van der Waals surface area contributed by atoms with E-state index in [1.807, 2.05) is 72.8 Å². The van der Waals surface area contributed by atoms with Crippen LogP contribution in [-0.4, -0.2) is 23.6 Å². The van der Waals surface area contributed by atoms with Gasteiger partial charge in [-0.3, -0.25) is 9.69 Å². The molecule has 1 amide bonds. The lowest BCUT2D eigenvalue weighted by Gasteiger charge is -2.29. The molecule has 0 bridgehead atoms. The fraction of sp³-hybridized carbons (Fsp3) is 0.0909. The van der Waals surface area contributed by atoms with E-state index in [1.165, 1.54) is 11.3 Å². The van der Waals surface area contributed by atoms with Gasteiger partial charge >= 0.3 is 0 Å². The molecule has 3 aromatic carbocycles. The molecule has 0 aliphatic carbocycles. The van der Waals surface area contributed by atoms with E-state index in [2.05, 4.69) is 4.98 Å². The van der Waals surface area contributed by atoms with Gasteiger partial charge in [-0.05, 0) is 36.4 Å². The first-order valence-electron chi connectivity index (χ1n) is 8.93. The topological polar surface area (TPSA) is 51.7 Å². The van der Waals surface area contributed by atoms with Crippen molar-refractivity contribution in [2.45, 2.75) is 6.10 Å². The fourth-order valence-electron chi connectivity index (χ4n) is 3.15. The first-order chi connectivity index (χ1) is 13.8. The van der Waals surface area contributed by atoms with Crippen LogP contribution in [0.2, 0.25) is 0 Å². The maximum absolute atomic E-state index is 13.5. The summed E-state index contributed by atoms with van der Waals surface area (Å²) in [4.78, 5) is 19.8. The van der Waals surface area contributed by atoms with Gasteiger partial charge in [-0.2, -0.15) is 0 Å². The zero-order valence-electron chi connectivity index (χ0n) is 14.8. The molecule has 1 aliphatic rings. The predicted octanol–water partition coefficient (Wildman–Crippen LogP) is 4.80. The van der Waals surface area contributed by atoms with Crippen molar-refractivity contribution in [1.82, 2.24) is 4.98 Å². The number of nitrogens with zero attached hydrogens (tertiary/aromatic N) is 2. The first kappa shape index (κ1) is 16.8. The summed E-state index contributed by atoms with van der Waals surface area (Å²) in [5, 5.41) is 0.611. The molecule has 0 spiro atoms. The van der Waals surface area contributed by atoms with Crippen LogP contribution in [0.5, 0.6) is 11.5 Å².